The van der Waals surface area contributed by atoms with Crippen LogP contribution in [0.25, 0.3) is 11.0 Å². The van der Waals surface area contributed by atoms with Crippen LogP contribution < -0.4 is 10.9 Å². The number of hydrogen-bond acceptors (Lipinski definition) is 5. The van der Waals surface area contributed by atoms with Crippen molar-refractivity contribution in [1.29, 1.82) is 0 Å². The van der Waals surface area contributed by atoms with Crippen molar-refractivity contribution in [2.45, 2.75) is 46.1 Å². The lowest BCUT2D eigenvalue weighted by Gasteiger charge is -2.09. The number of H-pyrrole nitrogens is 1. The number of rotatable bonds is 10. The lowest BCUT2D eigenvalue weighted by Crippen LogP contribution is -2.26. The number of fused-ring (bicyclic) bond motifs is 1. The van der Waals surface area contributed by atoms with Crippen molar-refractivity contribution in [3.8, 4) is 0 Å². The number of likely N-dealkylation sites (N-methyl/N-ethyl adjacent to an activating group) is 1. The van der Waals surface area contributed by atoms with E-state index in [2.05, 4.69) is 20.3 Å². The van der Waals surface area contributed by atoms with Gasteiger partial charge in [-0.25, -0.2) is 9.37 Å². The summed E-state index contributed by atoms with van der Waals surface area (Å²) in [6.45, 7) is 4.08. The predicted molar refractivity (Wildman–Crippen MR) is 138 cm³/mol. The maximum absolute atomic E-state index is 14.3. The molecule has 0 saturated heterocycles. The standard InChI is InChI=1S/C25H30ClFN6O3/c1-15(2)10-18-24-23(17(27)12-28-18)30-20(31-24)14-33-13-16(26)11-19(25(33)36)29-21(34)8-6-5-7-9-22(35)32(3)4/h7,9,11-13,15H,5-6,8,10,14H2,1-4H3,(H,29,34)(H,30,31)/b9-7+. The Balaban J connectivity index is 1.72. The summed E-state index contributed by atoms with van der Waals surface area (Å²) in [6.07, 6.45) is 7.62. The average Bonchev–Trinajstić information content (AvgIpc) is 3.23. The smallest absolute Gasteiger partial charge is 0.274 e. The summed E-state index contributed by atoms with van der Waals surface area (Å²) in [5.74, 6) is -0.340. The number of aromatic amines is 1. The van der Waals surface area contributed by atoms with Crippen LogP contribution in [0, 0.1) is 11.7 Å². The van der Waals surface area contributed by atoms with Crippen LogP contribution in [-0.2, 0) is 22.6 Å². The summed E-state index contributed by atoms with van der Waals surface area (Å²) in [5.41, 5.74) is 0.942. The fourth-order valence-corrected chi connectivity index (χ4v) is 3.80. The molecule has 3 aromatic rings. The highest BCUT2D eigenvalue weighted by Gasteiger charge is 2.16. The molecule has 0 aromatic carbocycles. The molecule has 11 heteroatoms. The molecular formula is C25H30ClFN6O3. The van der Waals surface area contributed by atoms with Crippen LogP contribution in [0.4, 0.5) is 10.1 Å². The molecule has 0 aliphatic heterocycles. The molecule has 0 unspecified atom stereocenters. The summed E-state index contributed by atoms with van der Waals surface area (Å²) < 4.78 is 15.6. The molecule has 0 atom stereocenters. The molecule has 3 heterocycles. The molecule has 2 amide bonds. The first-order valence-corrected chi connectivity index (χ1v) is 12.0. The Morgan fingerprint density at radius 1 is 1.33 bits per heavy atom. The quantitative estimate of drug-likeness (QED) is 0.313. The van der Waals surface area contributed by atoms with Crippen molar-refractivity contribution in [3.05, 3.63) is 63.3 Å². The maximum Gasteiger partial charge on any atom is 0.274 e. The fourth-order valence-electron chi connectivity index (χ4n) is 3.57. The number of aromatic nitrogens is 4. The van der Waals surface area contributed by atoms with Gasteiger partial charge in [0.1, 0.15) is 17.0 Å². The van der Waals surface area contributed by atoms with E-state index < -0.39 is 11.4 Å². The Hall–Kier alpha value is -3.53. The van der Waals surface area contributed by atoms with E-state index in [9.17, 15) is 18.8 Å². The summed E-state index contributed by atoms with van der Waals surface area (Å²) >= 11 is 6.20. The van der Waals surface area contributed by atoms with Gasteiger partial charge in [-0.05, 0) is 37.3 Å². The zero-order valence-corrected chi connectivity index (χ0v) is 21.5. The molecule has 3 aromatic heterocycles. The second kappa shape index (κ2) is 11.9. The summed E-state index contributed by atoms with van der Waals surface area (Å²) in [5, 5.41) is 2.85. The number of hydrogen-bond donors (Lipinski definition) is 2. The Bertz CT molecular complexity index is 1350. The van der Waals surface area contributed by atoms with Crippen LogP contribution in [0.1, 0.15) is 44.6 Å². The van der Waals surface area contributed by atoms with Gasteiger partial charge in [0, 0.05) is 26.7 Å². The Kier molecular flexibility index (Phi) is 8.98. The lowest BCUT2D eigenvalue weighted by atomic mass is 10.1. The molecule has 0 bridgehead atoms. The monoisotopic (exact) mass is 516 g/mol. The normalized spacial score (nSPS) is 11.5. The predicted octanol–water partition coefficient (Wildman–Crippen LogP) is 3.91. The second-order valence-corrected chi connectivity index (χ2v) is 9.57. The van der Waals surface area contributed by atoms with Crippen molar-refractivity contribution in [2.75, 3.05) is 19.4 Å². The molecule has 0 aliphatic carbocycles. The minimum Gasteiger partial charge on any atom is -0.345 e. The first-order chi connectivity index (χ1) is 17.0. The van der Waals surface area contributed by atoms with E-state index in [0.717, 1.165) is 6.20 Å². The number of carbonyl (C=O) groups excluding carboxylic acids is 2. The Morgan fingerprint density at radius 3 is 2.78 bits per heavy atom. The zero-order chi connectivity index (χ0) is 26.4. The van der Waals surface area contributed by atoms with E-state index >= 15 is 0 Å². The van der Waals surface area contributed by atoms with Crippen molar-refractivity contribution in [3.63, 3.8) is 0 Å². The van der Waals surface area contributed by atoms with E-state index in [4.69, 9.17) is 11.6 Å². The minimum atomic E-state index is -0.549. The lowest BCUT2D eigenvalue weighted by molar-refractivity contribution is -0.123. The molecule has 36 heavy (non-hydrogen) atoms. The third-order valence-electron chi connectivity index (χ3n) is 5.33. The molecule has 0 saturated carbocycles. The van der Waals surface area contributed by atoms with Gasteiger partial charge in [0.15, 0.2) is 5.82 Å². The molecule has 0 radical (unpaired) electrons. The molecule has 9 nitrogen and oxygen atoms in total. The molecule has 0 aliphatic rings. The first kappa shape index (κ1) is 27.1. The topological polar surface area (TPSA) is 113 Å². The van der Waals surface area contributed by atoms with Crippen LogP contribution in [-0.4, -0.2) is 50.3 Å². The van der Waals surface area contributed by atoms with Gasteiger partial charge in [-0.15, -0.1) is 0 Å². The number of anilines is 1. The van der Waals surface area contributed by atoms with Gasteiger partial charge < -0.3 is 19.8 Å². The molecule has 2 N–H and O–H groups in total. The van der Waals surface area contributed by atoms with E-state index in [1.165, 1.54) is 27.8 Å². The number of carbonyl (C=O) groups is 2. The SMILES string of the molecule is CC(C)Cc1ncc(F)c2nc(Cn3cc(Cl)cc(NC(=O)CCC/C=C/C(=O)N(C)C)c3=O)[nH]c12. The first-order valence-electron chi connectivity index (χ1n) is 11.6. The molecule has 0 spiro atoms. The molecule has 3 rings (SSSR count). The molecule has 192 valence electrons. The number of halogens is 2. The summed E-state index contributed by atoms with van der Waals surface area (Å²) in [7, 11) is 3.32. The third-order valence-corrected chi connectivity index (χ3v) is 5.53. The van der Waals surface area contributed by atoms with Gasteiger partial charge >= 0.3 is 0 Å². The van der Waals surface area contributed by atoms with Crippen LogP contribution in [0.2, 0.25) is 5.02 Å². The molecular weight excluding hydrogens is 487 g/mol. The van der Waals surface area contributed by atoms with Crippen molar-refractivity contribution in [2.24, 2.45) is 5.92 Å². The largest absolute Gasteiger partial charge is 0.345 e. The van der Waals surface area contributed by atoms with Crippen molar-refractivity contribution >= 4 is 40.1 Å². The van der Waals surface area contributed by atoms with Gasteiger partial charge in [0.2, 0.25) is 11.8 Å². The molecule has 0 fully saturated rings. The van der Waals surface area contributed by atoms with Gasteiger partial charge in [0.25, 0.3) is 5.56 Å². The van der Waals surface area contributed by atoms with Gasteiger partial charge in [-0.1, -0.05) is 31.5 Å². The Morgan fingerprint density at radius 2 is 2.08 bits per heavy atom. The summed E-state index contributed by atoms with van der Waals surface area (Å²) in [6, 6.07) is 1.39. The van der Waals surface area contributed by atoms with E-state index in [1.54, 1.807) is 20.2 Å². The van der Waals surface area contributed by atoms with E-state index in [-0.39, 0.29) is 41.0 Å². The zero-order valence-electron chi connectivity index (χ0n) is 20.8. The number of imidazole rings is 1. The van der Waals surface area contributed by atoms with Crippen LogP contribution in [0.5, 0.6) is 0 Å². The highest BCUT2D eigenvalue weighted by atomic mass is 35.5. The number of pyridine rings is 2. The van der Waals surface area contributed by atoms with E-state index in [0.29, 0.717) is 42.2 Å². The highest BCUT2D eigenvalue weighted by Crippen LogP contribution is 2.21. The number of amides is 2. The average molecular weight is 517 g/mol. The van der Waals surface area contributed by atoms with Gasteiger partial charge in [-0.2, -0.15) is 0 Å². The van der Waals surface area contributed by atoms with Crippen molar-refractivity contribution in [1.82, 2.24) is 24.4 Å². The number of unbranched alkanes of at least 4 members (excludes halogenated alkanes) is 1. The van der Waals surface area contributed by atoms with Gasteiger partial charge in [-0.3, -0.25) is 19.4 Å². The fraction of sp³-hybridized carbons (Fsp3) is 0.400. The third kappa shape index (κ3) is 7.00. The Labute approximate surface area is 213 Å². The van der Waals surface area contributed by atoms with Crippen LogP contribution >= 0.6 is 11.6 Å². The van der Waals surface area contributed by atoms with Crippen LogP contribution in [0.3, 0.4) is 0 Å². The minimum absolute atomic E-state index is 0.00218. The van der Waals surface area contributed by atoms with Crippen LogP contribution in [0.15, 0.2) is 35.4 Å². The number of nitrogens with one attached hydrogen (secondary N) is 2. The highest BCUT2D eigenvalue weighted by molar-refractivity contribution is 6.30. The number of nitrogens with zero attached hydrogens (tertiary/aromatic N) is 4. The maximum atomic E-state index is 14.3. The van der Waals surface area contributed by atoms with Crippen molar-refractivity contribution < 1.29 is 14.0 Å². The van der Waals surface area contributed by atoms with E-state index in [1.807, 2.05) is 13.8 Å². The van der Waals surface area contributed by atoms with Gasteiger partial charge in [0.05, 0.1) is 29.0 Å². The number of allylic oxidation sites excluding steroid dienone is 1. The summed E-state index contributed by atoms with van der Waals surface area (Å²) in [4.78, 5) is 49.9. The second-order valence-electron chi connectivity index (χ2n) is 9.14.